The first-order valence-corrected chi connectivity index (χ1v) is 12.3. The summed E-state index contributed by atoms with van der Waals surface area (Å²) in [6.07, 6.45) is 0.574. The molecule has 1 aliphatic carbocycles. The molecule has 0 spiro atoms. The Balaban J connectivity index is 1.50. The van der Waals surface area contributed by atoms with Crippen LogP contribution in [0.15, 0.2) is 48.5 Å². The second-order valence-corrected chi connectivity index (χ2v) is 10.2. The van der Waals surface area contributed by atoms with Crippen LogP contribution in [0.1, 0.15) is 64.0 Å². The van der Waals surface area contributed by atoms with E-state index in [0.29, 0.717) is 25.8 Å². The lowest BCUT2D eigenvalue weighted by Gasteiger charge is -2.38. The second-order valence-electron chi connectivity index (χ2n) is 10.2. The van der Waals surface area contributed by atoms with Crippen molar-refractivity contribution in [3.8, 4) is 11.1 Å². The molecule has 186 valence electrons. The Hall–Kier alpha value is -3.35. The van der Waals surface area contributed by atoms with E-state index in [1.54, 1.807) is 0 Å². The summed E-state index contributed by atoms with van der Waals surface area (Å²) in [5, 5.41) is 12.6. The maximum atomic E-state index is 13.6. The summed E-state index contributed by atoms with van der Waals surface area (Å²) in [5.41, 5.74) is 2.73. The third-order valence-electron chi connectivity index (χ3n) is 7.85. The number of hydrogen-bond donors (Lipinski definition) is 2. The fraction of sp³-hybridized carbons (Fsp3) is 0.464. The number of hydrogen-bond acceptors (Lipinski definition) is 4. The number of ether oxygens (including phenoxy) is 1. The van der Waals surface area contributed by atoms with Gasteiger partial charge in [-0.1, -0.05) is 76.2 Å². The zero-order valence-corrected chi connectivity index (χ0v) is 20.8. The topological polar surface area (TPSA) is 95.9 Å². The lowest BCUT2D eigenvalue weighted by molar-refractivity contribution is -0.154. The molecule has 1 heterocycles. The summed E-state index contributed by atoms with van der Waals surface area (Å²) >= 11 is 0. The van der Waals surface area contributed by atoms with Gasteiger partial charge in [-0.2, -0.15) is 0 Å². The van der Waals surface area contributed by atoms with E-state index in [9.17, 15) is 19.5 Å². The van der Waals surface area contributed by atoms with Gasteiger partial charge in [-0.25, -0.2) is 9.59 Å². The molecule has 2 aromatic rings. The van der Waals surface area contributed by atoms with Crippen molar-refractivity contribution in [2.75, 3.05) is 13.2 Å². The molecule has 2 amide bonds. The van der Waals surface area contributed by atoms with Crippen molar-refractivity contribution < 1.29 is 24.2 Å². The van der Waals surface area contributed by atoms with E-state index >= 15 is 0 Å². The minimum atomic E-state index is -1.23. The van der Waals surface area contributed by atoms with E-state index in [1.807, 2.05) is 64.1 Å². The third-order valence-corrected chi connectivity index (χ3v) is 7.85. The first kappa shape index (κ1) is 24.8. The van der Waals surface area contributed by atoms with Crippen LogP contribution >= 0.6 is 0 Å². The standard InChI is InChI=1S/C28H34N2O5/c1-5-28(6-2,25(33)30-16-15-27(3,4)23(30)24(31)32)29-26(34)35-17-22-20-13-9-7-11-18(20)19-12-8-10-14-21(19)22/h7-14,22-23H,5-6,15-17H2,1-4H3,(H,29,34)(H,31,32). The molecule has 2 N–H and O–H groups in total. The van der Waals surface area contributed by atoms with Gasteiger partial charge < -0.3 is 20.1 Å². The second kappa shape index (κ2) is 9.36. The number of aliphatic carboxylic acids is 1. The van der Waals surface area contributed by atoms with Gasteiger partial charge in [0.15, 0.2) is 0 Å². The van der Waals surface area contributed by atoms with E-state index in [-0.39, 0.29) is 18.4 Å². The Kier molecular flexibility index (Phi) is 6.62. The van der Waals surface area contributed by atoms with Crippen LogP contribution in [-0.2, 0) is 14.3 Å². The largest absolute Gasteiger partial charge is 0.480 e. The average molecular weight is 479 g/mol. The third kappa shape index (κ3) is 4.28. The minimum Gasteiger partial charge on any atom is -0.480 e. The molecule has 1 saturated heterocycles. The molecule has 0 aromatic heterocycles. The lowest BCUT2D eigenvalue weighted by atomic mass is 9.84. The van der Waals surface area contributed by atoms with Crippen molar-refractivity contribution in [1.29, 1.82) is 0 Å². The van der Waals surface area contributed by atoms with Gasteiger partial charge in [-0.05, 0) is 46.9 Å². The summed E-state index contributed by atoms with van der Waals surface area (Å²) in [6.45, 7) is 7.85. The van der Waals surface area contributed by atoms with Crippen molar-refractivity contribution >= 4 is 18.0 Å². The van der Waals surface area contributed by atoms with Gasteiger partial charge in [-0.15, -0.1) is 0 Å². The SMILES string of the molecule is CCC(CC)(NC(=O)OCC1c2ccccc2-c2ccccc21)C(=O)N1CCC(C)(C)C1C(=O)O. The van der Waals surface area contributed by atoms with Crippen LogP contribution in [0.25, 0.3) is 11.1 Å². The molecule has 35 heavy (non-hydrogen) atoms. The summed E-state index contributed by atoms with van der Waals surface area (Å²) < 4.78 is 5.69. The number of amides is 2. The Morgan fingerprint density at radius 1 is 1.03 bits per heavy atom. The minimum absolute atomic E-state index is 0.0859. The van der Waals surface area contributed by atoms with E-state index in [0.717, 1.165) is 22.3 Å². The van der Waals surface area contributed by atoms with Crippen molar-refractivity contribution in [2.24, 2.45) is 5.41 Å². The normalized spacial score (nSPS) is 18.6. The van der Waals surface area contributed by atoms with Crippen LogP contribution in [0.3, 0.4) is 0 Å². The molecule has 2 aliphatic rings. The van der Waals surface area contributed by atoms with Gasteiger partial charge in [0.2, 0.25) is 5.91 Å². The Labute approximate surface area is 206 Å². The molecule has 0 saturated carbocycles. The highest BCUT2D eigenvalue weighted by Crippen LogP contribution is 2.44. The van der Waals surface area contributed by atoms with Crippen LogP contribution < -0.4 is 5.32 Å². The molecular formula is C28H34N2O5. The number of benzene rings is 2. The summed E-state index contributed by atoms with van der Waals surface area (Å²) in [7, 11) is 0. The molecule has 2 aromatic carbocycles. The quantitative estimate of drug-likeness (QED) is 0.596. The smallest absolute Gasteiger partial charge is 0.408 e. The van der Waals surface area contributed by atoms with E-state index in [1.165, 1.54) is 4.90 Å². The highest BCUT2D eigenvalue weighted by Gasteiger charge is 2.52. The monoisotopic (exact) mass is 478 g/mol. The van der Waals surface area contributed by atoms with Gasteiger partial charge in [0.25, 0.3) is 0 Å². The van der Waals surface area contributed by atoms with Gasteiger partial charge in [0, 0.05) is 12.5 Å². The first-order valence-electron chi connectivity index (χ1n) is 12.3. The lowest BCUT2D eigenvalue weighted by Crippen LogP contribution is -2.61. The molecule has 1 atom stereocenters. The highest BCUT2D eigenvalue weighted by atomic mass is 16.5. The Bertz CT molecular complexity index is 1090. The Morgan fingerprint density at radius 3 is 2.09 bits per heavy atom. The number of carbonyl (C=O) groups is 3. The zero-order valence-electron chi connectivity index (χ0n) is 20.8. The van der Waals surface area contributed by atoms with Crippen molar-refractivity contribution in [3.05, 3.63) is 59.7 Å². The average Bonchev–Trinajstić information content (AvgIpc) is 3.34. The summed E-state index contributed by atoms with van der Waals surface area (Å²) in [5.74, 6) is -1.48. The van der Waals surface area contributed by atoms with Crippen molar-refractivity contribution in [1.82, 2.24) is 10.2 Å². The van der Waals surface area contributed by atoms with Crippen LogP contribution in [0.4, 0.5) is 4.79 Å². The maximum absolute atomic E-state index is 13.6. The summed E-state index contributed by atoms with van der Waals surface area (Å²) in [4.78, 5) is 40.1. The van der Waals surface area contributed by atoms with Gasteiger partial charge in [0.1, 0.15) is 18.2 Å². The molecule has 7 heteroatoms. The first-order chi connectivity index (χ1) is 16.6. The fourth-order valence-electron chi connectivity index (χ4n) is 5.67. The number of carbonyl (C=O) groups excluding carboxylic acids is 2. The highest BCUT2D eigenvalue weighted by molar-refractivity contribution is 5.93. The van der Waals surface area contributed by atoms with Crippen LogP contribution in [-0.4, -0.2) is 52.7 Å². The number of carboxylic acid groups (broad SMARTS) is 1. The van der Waals surface area contributed by atoms with Gasteiger partial charge in [0.05, 0.1) is 0 Å². The van der Waals surface area contributed by atoms with Crippen molar-refractivity contribution in [2.45, 2.75) is 64.5 Å². The molecule has 0 bridgehead atoms. The van der Waals surface area contributed by atoms with Crippen LogP contribution in [0.5, 0.6) is 0 Å². The van der Waals surface area contributed by atoms with Crippen LogP contribution in [0, 0.1) is 5.41 Å². The number of alkyl carbamates (subject to hydrolysis) is 1. The van der Waals surface area contributed by atoms with Gasteiger partial charge in [-0.3, -0.25) is 4.79 Å². The molecule has 1 aliphatic heterocycles. The number of carboxylic acids is 1. The Morgan fingerprint density at radius 2 is 1.57 bits per heavy atom. The van der Waals surface area contributed by atoms with E-state index in [2.05, 4.69) is 17.4 Å². The number of nitrogens with zero attached hydrogens (tertiary/aromatic N) is 1. The predicted molar refractivity (Wildman–Crippen MR) is 133 cm³/mol. The molecule has 0 radical (unpaired) electrons. The molecule has 4 rings (SSSR count). The molecule has 7 nitrogen and oxygen atoms in total. The fourth-order valence-corrected chi connectivity index (χ4v) is 5.67. The zero-order chi connectivity index (χ0) is 25.4. The number of rotatable bonds is 7. The number of fused-ring (bicyclic) bond motifs is 3. The maximum Gasteiger partial charge on any atom is 0.408 e. The number of likely N-dealkylation sites (tertiary alicyclic amines) is 1. The number of nitrogens with one attached hydrogen (secondary N) is 1. The van der Waals surface area contributed by atoms with Gasteiger partial charge >= 0.3 is 12.1 Å². The van der Waals surface area contributed by atoms with Crippen LogP contribution in [0.2, 0.25) is 0 Å². The molecule has 1 unspecified atom stereocenters. The summed E-state index contributed by atoms with van der Waals surface area (Å²) in [6, 6.07) is 15.3. The van der Waals surface area contributed by atoms with Crippen molar-refractivity contribution in [3.63, 3.8) is 0 Å². The van der Waals surface area contributed by atoms with E-state index in [4.69, 9.17) is 4.74 Å². The molecule has 1 fully saturated rings. The molecular weight excluding hydrogens is 444 g/mol. The predicted octanol–water partition coefficient (Wildman–Crippen LogP) is 4.80. The van der Waals surface area contributed by atoms with E-state index < -0.39 is 29.1 Å².